The second-order valence-corrected chi connectivity index (χ2v) is 1.53. The Bertz CT molecular complexity index is 139. The van der Waals surface area contributed by atoms with Gasteiger partial charge >= 0.3 is 27.3 Å². The van der Waals surface area contributed by atoms with Gasteiger partial charge in [0.15, 0.2) is 0 Å². The fourth-order valence-electron chi connectivity index (χ4n) is 0.258. The van der Waals surface area contributed by atoms with E-state index in [0.29, 0.717) is 0 Å². The number of aliphatic hydroxyl groups excluding tert-OH is 2. The third kappa shape index (κ3) is 4.27. The first-order chi connectivity index (χ1) is 4.46. The molecule has 0 bridgehead atoms. The molecule has 0 heterocycles. The molecule has 7 heteroatoms. The second-order valence-electron chi connectivity index (χ2n) is 1.53. The quantitative estimate of drug-likeness (QED) is 0.489. The number of carboxylic acid groups (broad SMARTS) is 2. The summed E-state index contributed by atoms with van der Waals surface area (Å²) in [5, 5.41) is 35.7. The summed E-state index contributed by atoms with van der Waals surface area (Å²) in [6.07, 6.45) is -4.88. The minimum atomic E-state index is -2.44. The Balaban J connectivity index is 0. The van der Waals surface area contributed by atoms with Gasteiger partial charge in [-0.1, -0.05) is 0 Å². The van der Waals surface area contributed by atoms with Gasteiger partial charge in [0.05, 0.1) is 11.9 Å². The molecule has 0 spiro atoms. The Labute approximate surface area is 81.6 Å². The standard InChI is InChI=1S/C4H6O6.Pb/c5-1(3(7)8)2(6)4(9)10;/h1-2,5-6H,(H,7,8)(H,9,10);/q;+2/p-2. The predicted molar refractivity (Wildman–Crippen MR) is 27.8 cm³/mol. The molecule has 0 saturated heterocycles. The first-order valence-corrected chi connectivity index (χ1v) is 2.24. The van der Waals surface area contributed by atoms with E-state index in [2.05, 4.69) is 0 Å². The molecule has 0 aliphatic rings. The zero-order valence-electron chi connectivity index (χ0n) is 5.18. The molecule has 2 atom stereocenters. The maximum atomic E-state index is 9.63. The van der Waals surface area contributed by atoms with Crippen molar-refractivity contribution in [3.8, 4) is 0 Å². The van der Waals surface area contributed by atoms with Crippen molar-refractivity contribution in [2.45, 2.75) is 12.2 Å². The zero-order chi connectivity index (χ0) is 8.31. The van der Waals surface area contributed by atoms with Gasteiger partial charge in [-0.05, 0) is 0 Å². The molecule has 0 rings (SSSR count). The Morgan fingerprint density at radius 2 is 1.18 bits per heavy atom. The topological polar surface area (TPSA) is 121 Å². The maximum Gasteiger partial charge on any atom is 2.00 e. The van der Waals surface area contributed by atoms with E-state index < -0.39 is 24.1 Å². The van der Waals surface area contributed by atoms with Crippen molar-refractivity contribution in [1.29, 1.82) is 0 Å². The number of aliphatic hydroxyl groups is 2. The van der Waals surface area contributed by atoms with Crippen LogP contribution in [-0.2, 0) is 9.59 Å². The average molecular weight is 355 g/mol. The van der Waals surface area contributed by atoms with E-state index in [0.717, 1.165) is 0 Å². The van der Waals surface area contributed by atoms with Gasteiger partial charge in [0.25, 0.3) is 0 Å². The van der Waals surface area contributed by atoms with Crippen LogP contribution in [0, 0.1) is 0 Å². The number of carbonyl (C=O) groups is 2. The summed E-state index contributed by atoms with van der Waals surface area (Å²) in [5.41, 5.74) is 0. The minimum absolute atomic E-state index is 0. The van der Waals surface area contributed by atoms with E-state index in [1.807, 2.05) is 0 Å². The van der Waals surface area contributed by atoms with Gasteiger partial charge in [-0.25, -0.2) is 0 Å². The summed E-state index contributed by atoms with van der Waals surface area (Å²) in [6, 6.07) is 0. The van der Waals surface area contributed by atoms with Crippen LogP contribution in [0.4, 0.5) is 0 Å². The van der Waals surface area contributed by atoms with Gasteiger partial charge in [0.1, 0.15) is 12.2 Å². The smallest absolute Gasteiger partial charge is 0.547 e. The number of rotatable bonds is 3. The molecular formula is C4H4O6Pb. The summed E-state index contributed by atoms with van der Waals surface area (Å²) in [6.45, 7) is 0. The fraction of sp³-hybridized carbons (Fsp3) is 0.500. The normalized spacial score (nSPS) is 14.4. The maximum absolute atomic E-state index is 9.63. The fourth-order valence-corrected chi connectivity index (χ4v) is 0.258. The minimum Gasteiger partial charge on any atom is -0.547 e. The average Bonchev–Trinajstić information content (AvgIpc) is 1.84. The monoisotopic (exact) mass is 356 g/mol. The first-order valence-electron chi connectivity index (χ1n) is 2.24. The molecule has 6 nitrogen and oxygen atoms in total. The summed E-state index contributed by atoms with van der Waals surface area (Å²) in [5.74, 6) is -4.12. The van der Waals surface area contributed by atoms with Crippen LogP contribution in [0.25, 0.3) is 0 Å². The van der Waals surface area contributed by atoms with Gasteiger partial charge < -0.3 is 30.0 Å². The van der Waals surface area contributed by atoms with Gasteiger partial charge in [0, 0.05) is 0 Å². The van der Waals surface area contributed by atoms with E-state index in [1.165, 1.54) is 0 Å². The van der Waals surface area contributed by atoms with Crippen LogP contribution in [0.5, 0.6) is 0 Å². The van der Waals surface area contributed by atoms with E-state index >= 15 is 0 Å². The first kappa shape index (κ1) is 13.4. The summed E-state index contributed by atoms with van der Waals surface area (Å²) >= 11 is 0. The van der Waals surface area contributed by atoms with E-state index in [1.54, 1.807) is 0 Å². The Kier molecular flexibility index (Phi) is 6.61. The molecule has 0 fully saturated rings. The molecule has 0 aromatic heterocycles. The molecule has 2 radical (unpaired) electrons. The third-order valence-electron chi connectivity index (χ3n) is 0.782. The molecule has 2 unspecified atom stereocenters. The summed E-state index contributed by atoms with van der Waals surface area (Å²) in [7, 11) is 0. The predicted octanol–water partition coefficient (Wildman–Crippen LogP) is -5.17. The molecule has 0 aromatic rings. The molecular weight excluding hydrogens is 351 g/mol. The van der Waals surface area contributed by atoms with Crippen LogP contribution in [0.15, 0.2) is 0 Å². The van der Waals surface area contributed by atoms with Crippen molar-refractivity contribution in [2.24, 2.45) is 0 Å². The molecule has 0 aliphatic heterocycles. The van der Waals surface area contributed by atoms with Crippen LogP contribution in [0.1, 0.15) is 0 Å². The number of hydrogen-bond donors (Lipinski definition) is 2. The van der Waals surface area contributed by atoms with Crippen molar-refractivity contribution in [1.82, 2.24) is 0 Å². The van der Waals surface area contributed by atoms with Crippen molar-refractivity contribution in [3.05, 3.63) is 0 Å². The Morgan fingerprint density at radius 1 is 1.00 bits per heavy atom. The number of carbonyl (C=O) groups excluding carboxylic acids is 2. The molecule has 11 heavy (non-hydrogen) atoms. The molecule has 60 valence electrons. The number of hydrogen-bond acceptors (Lipinski definition) is 6. The Morgan fingerprint density at radius 3 is 1.27 bits per heavy atom. The molecule has 0 amide bonds. The number of carboxylic acids is 2. The van der Waals surface area contributed by atoms with Crippen LogP contribution in [0.2, 0.25) is 0 Å². The largest absolute Gasteiger partial charge is 2.00 e. The summed E-state index contributed by atoms with van der Waals surface area (Å²) < 4.78 is 0. The molecule has 0 aliphatic carbocycles. The zero-order valence-corrected chi connectivity index (χ0v) is 9.07. The third-order valence-corrected chi connectivity index (χ3v) is 0.782. The summed E-state index contributed by atoms with van der Waals surface area (Å²) in [4.78, 5) is 19.3. The SMILES string of the molecule is O=C([O-])C(O)C(O)C(=O)[O-].[Pb+2]. The van der Waals surface area contributed by atoms with Gasteiger partial charge in [-0.3, -0.25) is 0 Å². The second kappa shape index (κ2) is 5.43. The van der Waals surface area contributed by atoms with Crippen molar-refractivity contribution < 1.29 is 30.0 Å². The van der Waals surface area contributed by atoms with Gasteiger partial charge in [-0.15, -0.1) is 0 Å². The molecule has 0 saturated carbocycles. The van der Waals surface area contributed by atoms with E-state index in [4.69, 9.17) is 10.2 Å². The van der Waals surface area contributed by atoms with Gasteiger partial charge in [0.2, 0.25) is 0 Å². The van der Waals surface area contributed by atoms with Crippen molar-refractivity contribution in [3.63, 3.8) is 0 Å². The van der Waals surface area contributed by atoms with Crippen LogP contribution in [-0.4, -0.2) is 61.7 Å². The van der Waals surface area contributed by atoms with Crippen LogP contribution in [0.3, 0.4) is 0 Å². The van der Waals surface area contributed by atoms with E-state index in [-0.39, 0.29) is 27.3 Å². The molecule has 0 aromatic carbocycles. The van der Waals surface area contributed by atoms with Crippen molar-refractivity contribution in [2.75, 3.05) is 0 Å². The Hall–Kier alpha value is -0.218. The van der Waals surface area contributed by atoms with Crippen LogP contribution < -0.4 is 10.2 Å². The van der Waals surface area contributed by atoms with Crippen LogP contribution >= 0.6 is 0 Å². The van der Waals surface area contributed by atoms with Crippen molar-refractivity contribution >= 4 is 39.2 Å². The van der Waals surface area contributed by atoms with E-state index in [9.17, 15) is 19.8 Å². The molecule has 2 N–H and O–H groups in total. The van der Waals surface area contributed by atoms with Gasteiger partial charge in [-0.2, -0.15) is 0 Å². The number of aliphatic carboxylic acids is 2.